The first-order valence-corrected chi connectivity index (χ1v) is 3.85. The van der Waals surface area contributed by atoms with Crippen LogP contribution in [0.15, 0.2) is 39.2 Å². The van der Waals surface area contributed by atoms with E-state index in [1.54, 1.807) is 12.1 Å². The molecule has 64 valence electrons. The van der Waals surface area contributed by atoms with E-state index >= 15 is 0 Å². The molecule has 0 unspecified atom stereocenters. The van der Waals surface area contributed by atoms with Crippen LogP contribution in [-0.4, -0.2) is 18.8 Å². The first kappa shape index (κ1) is 7.79. The van der Waals surface area contributed by atoms with Crippen molar-refractivity contribution in [2.75, 3.05) is 7.05 Å². The average Bonchev–Trinajstić information content (AvgIpc) is 2.17. The van der Waals surface area contributed by atoms with Crippen LogP contribution < -0.4 is 10.7 Å². The molecule has 1 aliphatic rings. The number of carbonyl (C=O) groups excluding carboxylic acids is 1. The second-order valence-corrected chi connectivity index (χ2v) is 2.56. The van der Waals surface area contributed by atoms with E-state index in [1.807, 2.05) is 12.1 Å². The summed E-state index contributed by atoms with van der Waals surface area (Å²) < 4.78 is 0. The molecular weight excluding hydrogens is 166 g/mol. The van der Waals surface area contributed by atoms with E-state index in [-0.39, 0.29) is 11.7 Å². The van der Waals surface area contributed by atoms with E-state index in [2.05, 4.69) is 15.0 Å². The Hall–Kier alpha value is -1.84. The molecule has 4 nitrogen and oxygen atoms in total. The highest BCUT2D eigenvalue weighted by Gasteiger charge is 2.11. The summed E-state index contributed by atoms with van der Waals surface area (Å²) in [5, 5.41) is 1.31. The van der Waals surface area contributed by atoms with Crippen molar-refractivity contribution in [3.05, 3.63) is 35.0 Å². The minimum Gasteiger partial charge on any atom is -0.265 e. The number of carbonyl (C=O) groups is 1. The Bertz CT molecular complexity index is 502. The SMILES string of the molecule is CN=C1N=c2ccccc2=NC1=O. The standard InChI is InChI=1S/C9H7N3O/c1-10-8-9(13)12-7-5-3-2-4-6(7)11-8/h2-5H,1H3. The lowest BCUT2D eigenvalue weighted by Gasteiger charge is -1.98. The van der Waals surface area contributed by atoms with Crippen molar-refractivity contribution in [3.8, 4) is 0 Å². The lowest BCUT2D eigenvalue weighted by atomic mass is 10.3. The molecule has 0 atom stereocenters. The molecule has 0 N–H and O–H groups in total. The second kappa shape index (κ2) is 2.90. The molecule has 0 bridgehead atoms. The highest BCUT2D eigenvalue weighted by molar-refractivity contribution is 6.38. The van der Waals surface area contributed by atoms with Gasteiger partial charge in [0.1, 0.15) is 0 Å². The van der Waals surface area contributed by atoms with Gasteiger partial charge >= 0.3 is 5.91 Å². The van der Waals surface area contributed by atoms with Gasteiger partial charge in [-0.25, -0.2) is 9.98 Å². The van der Waals surface area contributed by atoms with Gasteiger partial charge in [-0.1, -0.05) is 12.1 Å². The summed E-state index contributed by atoms with van der Waals surface area (Å²) in [5.74, 6) is -0.208. The first-order chi connectivity index (χ1) is 6.31. The van der Waals surface area contributed by atoms with Gasteiger partial charge in [0.2, 0.25) is 5.84 Å². The van der Waals surface area contributed by atoms with Gasteiger partial charge in [-0.15, -0.1) is 0 Å². The quantitative estimate of drug-likeness (QED) is 0.521. The van der Waals surface area contributed by atoms with Gasteiger partial charge in [0.15, 0.2) is 0 Å². The van der Waals surface area contributed by atoms with Gasteiger partial charge in [-0.05, 0) is 12.1 Å². The molecule has 1 aliphatic heterocycles. The maximum absolute atomic E-state index is 11.2. The van der Waals surface area contributed by atoms with Crippen molar-refractivity contribution in [2.45, 2.75) is 0 Å². The predicted molar refractivity (Wildman–Crippen MR) is 47.1 cm³/mol. The Kier molecular flexibility index (Phi) is 1.73. The molecule has 0 saturated carbocycles. The first-order valence-electron chi connectivity index (χ1n) is 3.85. The number of benzene rings is 1. The summed E-state index contributed by atoms with van der Waals surface area (Å²) in [7, 11) is 1.53. The maximum atomic E-state index is 11.2. The molecule has 4 heteroatoms. The molecule has 2 rings (SSSR count). The van der Waals surface area contributed by atoms with Crippen LogP contribution in [0, 0.1) is 0 Å². The second-order valence-electron chi connectivity index (χ2n) is 2.56. The van der Waals surface area contributed by atoms with Gasteiger partial charge in [0.25, 0.3) is 0 Å². The van der Waals surface area contributed by atoms with Gasteiger partial charge in [-0.2, -0.15) is 0 Å². The largest absolute Gasteiger partial charge is 0.315 e. The summed E-state index contributed by atoms with van der Waals surface area (Å²) in [6.45, 7) is 0. The molecule has 0 aliphatic carbocycles. The van der Waals surface area contributed by atoms with E-state index in [1.165, 1.54) is 7.05 Å². The monoisotopic (exact) mass is 173 g/mol. The third-order valence-corrected chi connectivity index (χ3v) is 1.73. The third kappa shape index (κ3) is 1.26. The lowest BCUT2D eigenvalue weighted by Crippen LogP contribution is -2.34. The lowest BCUT2D eigenvalue weighted by molar-refractivity contribution is -0.112. The number of hydrogen-bond acceptors (Lipinski definition) is 2. The Labute approximate surface area is 74.4 Å². The van der Waals surface area contributed by atoms with Crippen LogP contribution in [0.25, 0.3) is 0 Å². The minimum absolute atomic E-state index is 0.165. The van der Waals surface area contributed by atoms with E-state index in [0.29, 0.717) is 10.7 Å². The fourth-order valence-electron chi connectivity index (χ4n) is 1.12. The van der Waals surface area contributed by atoms with Crippen LogP contribution in [-0.2, 0) is 4.79 Å². The molecule has 13 heavy (non-hydrogen) atoms. The minimum atomic E-state index is -0.374. The van der Waals surface area contributed by atoms with E-state index < -0.39 is 0 Å². The molecule has 0 radical (unpaired) electrons. The molecule has 0 saturated heterocycles. The average molecular weight is 173 g/mol. The number of rotatable bonds is 0. The Balaban J connectivity index is 2.81. The molecule has 1 heterocycles. The molecule has 0 aromatic heterocycles. The van der Waals surface area contributed by atoms with Crippen molar-refractivity contribution in [2.24, 2.45) is 15.0 Å². The van der Waals surface area contributed by atoms with Gasteiger partial charge in [0, 0.05) is 7.05 Å². The number of aliphatic imine (C=N–C) groups is 1. The summed E-state index contributed by atoms with van der Waals surface area (Å²) in [6.07, 6.45) is 0. The number of amides is 1. The number of amidine groups is 1. The van der Waals surface area contributed by atoms with Crippen LogP contribution in [0.3, 0.4) is 0 Å². The molecule has 0 spiro atoms. The Morgan fingerprint density at radius 1 is 1.15 bits per heavy atom. The molecule has 1 aromatic rings. The number of hydrogen-bond donors (Lipinski definition) is 0. The zero-order valence-corrected chi connectivity index (χ0v) is 7.06. The molecular formula is C9H7N3O. The third-order valence-electron chi connectivity index (χ3n) is 1.73. The summed E-state index contributed by atoms with van der Waals surface area (Å²) in [5.41, 5.74) is 0. The topological polar surface area (TPSA) is 54.1 Å². The molecule has 0 fully saturated rings. The van der Waals surface area contributed by atoms with Crippen LogP contribution in [0.4, 0.5) is 0 Å². The zero-order chi connectivity index (χ0) is 9.26. The molecule has 1 aromatic carbocycles. The normalized spacial score (nSPS) is 17.6. The number of nitrogens with zero attached hydrogens (tertiary/aromatic N) is 3. The van der Waals surface area contributed by atoms with Crippen LogP contribution in [0.5, 0.6) is 0 Å². The van der Waals surface area contributed by atoms with Crippen LogP contribution in [0.2, 0.25) is 0 Å². The van der Waals surface area contributed by atoms with Gasteiger partial charge in [-0.3, -0.25) is 9.79 Å². The molecule has 1 amide bonds. The van der Waals surface area contributed by atoms with E-state index in [9.17, 15) is 4.79 Å². The van der Waals surface area contributed by atoms with Crippen molar-refractivity contribution < 1.29 is 4.79 Å². The summed E-state index contributed by atoms with van der Waals surface area (Å²) in [4.78, 5) is 22.8. The highest BCUT2D eigenvalue weighted by Crippen LogP contribution is 1.87. The van der Waals surface area contributed by atoms with E-state index in [4.69, 9.17) is 0 Å². The number of fused-ring (bicyclic) bond motifs is 1. The maximum Gasteiger partial charge on any atom is 0.315 e. The van der Waals surface area contributed by atoms with Gasteiger partial charge < -0.3 is 0 Å². The Morgan fingerprint density at radius 3 is 2.38 bits per heavy atom. The van der Waals surface area contributed by atoms with Crippen molar-refractivity contribution >= 4 is 11.7 Å². The summed E-state index contributed by atoms with van der Waals surface area (Å²) in [6, 6.07) is 7.22. The van der Waals surface area contributed by atoms with Crippen molar-refractivity contribution in [3.63, 3.8) is 0 Å². The van der Waals surface area contributed by atoms with Crippen molar-refractivity contribution in [1.82, 2.24) is 0 Å². The predicted octanol–water partition coefficient (Wildman–Crippen LogP) is -0.506. The smallest absolute Gasteiger partial charge is 0.265 e. The highest BCUT2D eigenvalue weighted by atomic mass is 16.1. The van der Waals surface area contributed by atoms with Crippen LogP contribution >= 0.6 is 0 Å². The van der Waals surface area contributed by atoms with Gasteiger partial charge in [0.05, 0.1) is 10.7 Å². The van der Waals surface area contributed by atoms with E-state index in [0.717, 1.165) is 0 Å². The van der Waals surface area contributed by atoms with Crippen molar-refractivity contribution in [1.29, 1.82) is 0 Å². The zero-order valence-electron chi connectivity index (χ0n) is 7.06. The summed E-state index contributed by atoms with van der Waals surface area (Å²) >= 11 is 0. The fourth-order valence-corrected chi connectivity index (χ4v) is 1.12. The fraction of sp³-hybridized carbons (Fsp3) is 0.111. The van der Waals surface area contributed by atoms with Crippen LogP contribution in [0.1, 0.15) is 0 Å². The number of para-hydroxylation sites is 2. The Morgan fingerprint density at radius 2 is 1.77 bits per heavy atom.